The van der Waals surface area contributed by atoms with Crippen molar-refractivity contribution in [3.8, 4) is 12.3 Å². The van der Waals surface area contributed by atoms with Gasteiger partial charge in [0, 0.05) is 35.3 Å². The van der Waals surface area contributed by atoms with Crippen LogP contribution in [0.25, 0.3) is 0 Å². The molecule has 0 spiro atoms. The first-order valence-corrected chi connectivity index (χ1v) is 10.3. The van der Waals surface area contributed by atoms with Gasteiger partial charge in [-0.25, -0.2) is 4.39 Å². The van der Waals surface area contributed by atoms with E-state index >= 15 is 0 Å². The smallest absolute Gasteiger partial charge is 0.251 e. The zero-order chi connectivity index (χ0) is 21.2. The molecule has 1 aromatic rings. The number of benzene rings is 1. The second-order valence-corrected chi connectivity index (χ2v) is 9.28. The molecule has 29 heavy (non-hydrogen) atoms. The number of terminal acetylenes is 1. The Kier molecular flexibility index (Phi) is 6.28. The number of nitrogens with one attached hydrogen (secondary N) is 2. The van der Waals surface area contributed by atoms with Gasteiger partial charge >= 0.3 is 0 Å². The van der Waals surface area contributed by atoms with E-state index in [4.69, 9.17) is 6.42 Å². The zero-order valence-electron chi connectivity index (χ0n) is 17.4. The maximum absolute atomic E-state index is 13.6. The minimum absolute atomic E-state index is 0.0663. The van der Waals surface area contributed by atoms with E-state index in [9.17, 15) is 14.0 Å². The monoisotopic (exact) mass is 399 g/mol. The predicted octanol–water partition coefficient (Wildman–Crippen LogP) is 2.69. The summed E-state index contributed by atoms with van der Waals surface area (Å²) >= 11 is 0. The average molecular weight is 400 g/mol. The summed E-state index contributed by atoms with van der Waals surface area (Å²) in [5, 5.41) is 5.97. The van der Waals surface area contributed by atoms with Crippen molar-refractivity contribution in [2.24, 2.45) is 5.92 Å². The van der Waals surface area contributed by atoms with Gasteiger partial charge in [-0.3, -0.25) is 14.5 Å². The van der Waals surface area contributed by atoms with Crippen molar-refractivity contribution in [1.29, 1.82) is 0 Å². The third kappa shape index (κ3) is 5.57. The molecule has 0 aliphatic carbocycles. The summed E-state index contributed by atoms with van der Waals surface area (Å²) in [7, 11) is 0. The van der Waals surface area contributed by atoms with Crippen LogP contribution in [0.3, 0.4) is 0 Å². The SMILES string of the molecule is C#Cc1cc(F)cc(C(=O)NCC2C[C@H]3CC[C@@H](C2)N3CC(=O)NC(C)(C)C)c1. The Morgan fingerprint density at radius 2 is 1.86 bits per heavy atom. The molecule has 2 amide bonds. The molecule has 1 aromatic carbocycles. The number of hydrogen-bond donors (Lipinski definition) is 2. The molecule has 0 aromatic heterocycles. The lowest BCUT2D eigenvalue weighted by molar-refractivity contribution is -0.125. The summed E-state index contributed by atoms with van der Waals surface area (Å²) in [4.78, 5) is 27.1. The topological polar surface area (TPSA) is 61.4 Å². The fourth-order valence-corrected chi connectivity index (χ4v) is 4.58. The quantitative estimate of drug-likeness (QED) is 0.749. The number of hydrogen-bond acceptors (Lipinski definition) is 3. The first-order valence-electron chi connectivity index (χ1n) is 10.3. The Morgan fingerprint density at radius 1 is 1.21 bits per heavy atom. The number of piperidine rings is 1. The lowest BCUT2D eigenvalue weighted by Crippen LogP contribution is -2.52. The number of carbonyl (C=O) groups is 2. The fourth-order valence-electron chi connectivity index (χ4n) is 4.58. The van der Waals surface area contributed by atoms with Gasteiger partial charge in [-0.1, -0.05) is 5.92 Å². The van der Waals surface area contributed by atoms with Gasteiger partial charge in [0.2, 0.25) is 5.91 Å². The fraction of sp³-hybridized carbons (Fsp3) is 0.565. The van der Waals surface area contributed by atoms with Crippen molar-refractivity contribution in [3.05, 3.63) is 35.1 Å². The second-order valence-electron chi connectivity index (χ2n) is 9.28. The molecule has 2 aliphatic heterocycles. The summed E-state index contributed by atoms with van der Waals surface area (Å²) in [5.74, 6) is 1.98. The van der Waals surface area contributed by atoms with Crippen LogP contribution < -0.4 is 10.6 Å². The molecule has 156 valence electrons. The molecule has 2 saturated heterocycles. The number of carbonyl (C=O) groups excluding carboxylic acids is 2. The number of halogens is 1. The molecule has 1 unspecified atom stereocenters. The van der Waals surface area contributed by atoms with Gasteiger partial charge in [-0.15, -0.1) is 6.42 Å². The van der Waals surface area contributed by atoms with Crippen molar-refractivity contribution in [3.63, 3.8) is 0 Å². The highest BCUT2D eigenvalue weighted by Gasteiger charge is 2.41. The van der Waals surface area contributed by atoms with Gasteiger partial charge in [0.25, 0.3) is 5.91 Å². The highest BCUT2D eigenvalue weighted by molar-refractivity contribution is 5.94. The molecule has 2 N–H and O–H groups in total. The Labute approximate surface area is 172 Å². The molecule has 6 heteroatoms. The van der Waals surface area contributed by atoms with E-state index < -0.39 is 5.82 Å². The molecule has 0 radical (unpaired) electrons. The Balaban J connectivity index is 1.53. The highest BCUT2D eigenvalue weighted by Crippen LogP contribution is 2.38. The van der Waals surface area contributed by atoms with E-state index in [0.29, 0.717) is 36.7 Å². The van der Waals surface area contributed by atoms with E-state index in [-0.39, 0.29) is 22.9 Å². The number of amides is 2. The van der Waals surface area contributed by atoms with Crippen molar-refractivity contribution in [2.45, 2.75) is 64.1 Å². The van der Waals surface area contributed by atoms with Crippen molar-refractivity contribution in [2.75, 3.05) is 13.1 Å². The minimum Gasteiger partial charge on any atom is -0.352 e. The van der Waals surface area contributed by atoms with Gasteiger partial charge in [0.1, 0.15) is 5.82 Å². The maximum atomic E-state index is 13.6. The lowest BCUT2D eigenvalue weighted by Gasteiger charge is -2.39. The zero-order valence-corrected chi connectivity index (χ0v) is 17.4. The highest BCUT2D eigenvalue weighted by atomic mass is 19.1. The predicted molar refractivity (Wildman–Crippen MR) is 111 cm³/mol. The normalized spacial score (nSPS) is 24.0. The molecule has 5 nitrogen and oxygen atoms in total. The summed E-state index contributed by atoms with van der Waals surface area (Å²) in [6.07, 6.45) is 9.41. The van der Waals surface area contributed by atoms with Gasteiger partial charge in [0.05, 0.1) is 6.54 Å². The first-order chi connectivity index (χ1) is 13.6. The van der Waals surface area contributed by atoms with Gasteiger partial charge in [-0.2, -0.15) is 0 Å². The summed E-state index contributed by atoms with van der Waals surface area (Å²) in [6, 6.07) is 4.72. The van der Waals surface area contributed by atoms with Crippen molar-refractivity contribution in [1.82, 2.24) is 15.5 Å². The van der Waals surface area contributed by atoms with Crippen LogP contribution in [-0.4, -0.2) is 47.4 Å². The number of nitrogens with zero attached hydrogens (tertiary/aromatic N) is 1. The van der Waals surface area contributed by atoms with Crippen LogP contribution >= 0.6 is 0 Å². The second kappa shape index (κ2) is 8.54. The van der Waals surface area contributed by atoms with Crippen molar-refractivity contribution < 1.29 is 14.0 Å². The van der Waals surface area contributed by atoms with E-state index in [1.165, 1.54) is 18.2 Å². The average Bonchev–Trinajstić information content (AvgIpc) is 2.86. The molecular formula is C23H30FN3O2. The molecule has 3 atom stereocenters. The molecule has 3 rings (SSSR count). The largest absolute Gasteiger partial charge is 0.352 e. The van der Waals surface area contributed by atoms with Crippen LogP contribution in [-0.2, 0) is 4.79 Å². The van der Waals surface area contributed by atoms with Gasteiger partial charge in [-0.05, 0) is 70.6 Å². The molecule has 2 bridgehead atoms. The third-order valence-corrected chi connectivity index (χ3v) is 5.70. The van der Waals surface area contributed by atoms with E-state index in [2.05, 4.69) is 21.5 Å². The minimum atomic E-state index is -0.509. The Morgan fingerprint density at radius 3 is 2.45 bits per heavy atom. The Hall–Kier alpha value is -2.39. The summed E-state index contributed by atoms with van der Waals surface area (Å²) in [6.45, 7) is 6.94. The maximum Gasteiger partial charge on any atom is 0.251 e. The summed E-state index contributed by atoms with van der Waals surface area (Å²) < 4.78 is 13.6. The van der Waals surface area contributed by atoms with Gasteiger partial charge < -0.3 is 10.6 Å². The molecule has 2 aliphatic rings. The van der Waals surface area contributed by atoms with Crippen LogP contribution in [0.2, 0.25) is 0 Å². The lowest BCUT2D eigenvalue weighted by atomic mass is 9.90. The van der Waals surface area contributed by atoms with E-state index in [0.717, 1.165) is 25.7 Å². The van der Waals surface area contributed by atoms with Crippen LogP contribution in [0.4, 0.5) is 4.39 Å². The summed E-state index contributed by atoms with van der Waals surface area (Å²) in [5.41, 5.74) is 0.377. The first kappa shape index (κ1) is 21.3. The molecule has 2 fully saturated rings. The van der Waals surface area contributed by atoms with Crippen LogP contribution in [0.5, 0.6) is 0 Å². The standard InChI is InChI=1S/C23H30FN3O2/c1-5-15-8-17(12-18(24)9-15)22(29)25-13-16-10-19-6-7-20(11-16)27(19)14-21(28)26-23(2,3)4/h1,8-9,12,16,19-20H,6-7,10-11,13-14H2,2-4H3,(H,25,29)(H,26,28)/t16?,19-,20+. The van der Waals surface area contributed by atoms with Gasteiger partial charge in [0.15, 0.2) is 0 Å². The molecule has 2 heterocycles. The van der Waals surface area contributed by atoms with Crippen LogP contribution in [0, 0.1) is 24.1 Å². The van der Waals surface area contributed by atoms with E-state index in [1.807, 2.05) is 20.8 Å². The number of rotatable bonds is 5. The molecule has 0 saturated carbocycles. The van der Waals surface area contributed by atoms with Crippen molar-refractivity contribution >= 4 is 11.8 Å². The van der Waals surface area contributed by atoms with E-state index in [1.54, 1.807) is 0 Å². The Bertz CT molecular complexity index is 810. The molecular weight excluding hydrogens is 369 g/mol. The number of fused-ring (bicyclic) bond motifs is 2. The third-order valence-electron chi connectivity index (χ3n) is 5.70. The van der Waals surface area contributed by atoms with Crippen LogP contribution in [0.15, 0.2) is 18.2 Å². The van der Waals surface area contributed by atoms with Crippen LogP contribution in [0.1, 0.15) is 62.4 Å².